The Morgan fingerprint density at radius 2 is 0.727 bits per heavy atom. The Morgan fingerprint density at radius 1 is 0.500 bits per heavy atom. The van der Waals surface area contributed by atoms with Crippen molar-refractivity contribution in [3.8, 4) is 0 Å². The van der Waals surface area contributed by atoms with Crippen LogP contribution < -0.4 is 0 Å². The van der Waals surface area contributed by atoms with Gasteiger partial charge in [0.1, 0.15) is 0 Å². The van der Waals surface area contributed by atoms with Gasteiger partial charge in [0.25, 0.3) is 0 Å². The van der Waals surface area contributed by atoms with Crippen molar-refractivity contribution in [3.63, 3.8) is 0 Å². The standard InChI is InChI=1S/C18H33P.2ClH.Cu/c1-4-10-16(11-5-1)19(17-12-6-2-7-13-17)18-14-8-3-9-15-18;;;/h16-18H,1-15H2;2*1H;/q;;;+2/p-2. The van der Waals surface area contributed by atoms with Gasteiger partial charge in [-0.05, 0) is 55.5 Å². The molecule has 3 saturated carbocycles. The van der Waals surface area contributed by atoms with E-state index in [1.165, 1.54) is 36.2 Å². The Kier molecular flexibility index (Phi) is 10.8. The average molecular weight is 415 g/mol. The molecule has 22 heavy (non-hydrogen) atoms. The fourth-order valence-corrected chi connectivity index (χ4v) is 9.71. The van der Waals surface area contributed by atoms with Crippen LogP contribution in [0.4, 0.5) is 0 Å². The number of hydrogen-bond donors (Lipinski definition) is 0. The normalized spacial score (nSPS) is 26.0. The van der Waals surface area contributed by atoms with Gasteiger partial charge in [-0.25, -0.2) is 0 Å². The molecule has 135 valence electrons. The number of halogens is 2. The first-order valence-corrected chi connectivity index (χ1v) is 13.6. The van der Waals surface area contributed by atoms with Crippen molar-refractivity contribution in [1.82, 2.24) is 0 Å². The van der Waals surface area contributed by atoms with Crippen molar-refractivity contribution in [1.29, 1.82) is 0 Å². The van der Waals surface area contributed by atoms with Crippen molar-refractivity contribution < 1.29 is 13.1 Å². The van der Waals surface area contributed by atoms with Gasteiger partial charge in [-0.1, -0.05) is 65.7 Å². The van der Waals surface area contributed by atoms with Crippen LogP contribution in [0.5, 0.6) is 0 Å². The summed E-state index contributed by atoms with van der Waals surface area (Å²) in [6.07, 6.45) is 23.6. The van der Waals surface area contributed by atoms with Crippen LogP contribution >= 0.6 is 28.1 Å². The third-order valence-electron chi connectivity index (χ3n) is 5.99. The van der Waals surface area contributed by atoms with Gasteiger partial charge in [0.15, 0.2) is 0 Å². The van der Waals surface area contributed by atoms with Crippen molar-refractivity contribution in [2.45, 2.75) is 113 Å². The average Bonchev–Trinajstić information content (AvgIpc) is 2.59. The molecule has 3 fully saturated rings. The topological polar surface area (TPSA) is 0 Å². The van der Waals surface area contributed by atoms with E-state index in [0.717, 1.165) is 13.1 Å². The van der Waals surface area contributed by atoms with E-state index < -0.39 is 0 Å². The van der Waals surface area contributed by atoms with E-state index in [0.29, 0.717) is 7.92 Å². The van der Waals surface area contributed by atoms with Crippen LogP contribution in [0.2, 0.25) is 0 Å². The molecule has 0 bridgehead atoms. The predicted octanol–water partition coefficient (Wildman–Crippen LogP) is 7.84. The van der Waals surface area contributed by atoms with E-state index in [4.69, 9.17) is 0 Å². The summed E-state index contributed by atoms with van der Waals surface area (Å²) >= 11 is 0.757. The molecule has 4 heteroatoms. The second-order valence-electron chi connectivity index (χ2n) is 7.37. The first-order chi connectivity index (χ1) is 10.9. The van der Waals surface area contributed by atoms with Crippen LogP contribution in [-0.2, 0) is 13.1 Å². The van der Waals surface area contributed by atoms with E-state index in [-0.39, 0.29) is 0 Å². The summed E-state index contributed by atoms with van der Waals surface area (Å²) in [5, 5.41) is 0. The second kappa shape index (κ2) is 12.0. The molecule has 0 aliphatic heterocycles. The Hall–Kier alpha value is 1.53. The SMILES string of the molecule is C1CCC(P(C2CCCCC2)C2CCCCC2)CC1.[Cl][Cu][Cl]. The first kappa shape index (κ1) is 19.8. The number of hydrogen-bond acceptors (Lipinski definition) is 0. The van der Waals surface area contributed by atoms with Gasteiger partial charge in [0.05, 0.1) is 0 Å². The molecule has 0 heterocycles. The molecule has 0 aromatic rings. The van der Waals surface area contributed by atoms with Crippen LogP contribution in [0, 0.1) is 0 Å². The molecule has 0 N–H and O–H groups in total. The zero-order valence-electron chi connectivity index (χ0n) is 13.8. The molecule has 0 spiro atoms. The second-order valence-corrected chi connectivity index (χ2v) is 12.0. The minimum absolute atomic E-state index is 0.385. The summed E-state index contributed by atoms with van der Waals surface area (Å²) in [5.74, 6) is 0. The molecule has 0 radical (unpaired) electrons. The Morgan fingerprint density at radius 3 is 0.955 bits per heavy atom. The predicted molar refractivity (Wildman–Crippen MR) is 99.2 cm³/mol. The fraction of sp³-hybridized carbons (Fsp3) is 1.00. The van der Waals surface area contributed by atoms with E-state index >= 15 is 0 Å². The van der Waals surface area contributed by atoms with Gasteiger partial charge < -0.3 is 0 Å². The van der Waals surface area contributed by atoms with Gasteiger partial charge in [-0.15, -0.1) is 0 Å². The van der Waals surface area contributed by atoms with E-state index in [9.17, 15) is 0 Å². The van der Waals surface area contributed by atoms with Crippen LogP contribution in [0.1, 0.15) is 96.3 Å². The summed E-state index contributed by atoms with van der Waals surface area (Å²) in [7, 11) is 9.73. The van der Waals surface area contributed by atoms with Crippen molar-refractivity contribution in [2.75, 3.05) is 0 Å². The molecule has 0 nitrogen and oxygen atoms in total. The molecule has 0 saturated heterocycles. The molecule has 0 atom stereocenters. The molecule has 3 aliphatic rings. The van der Waals surface area contributed by atoms with Crippen LogP contribution in [-0.4, -0.2) is 17.0 Å². The molecule has 0 amide bonds. The van der Waals surface area contributed by atoms with E-state index in [2.05, 4.69) is 20.2 Å². The molecule has 0 aromatic heterocycles. The van der Waals surface area contributed by atoms with E-state index in [1.54, 1.807) is 77.0 Å². The maximum atomic E-state index is 4.67. The molecule has 0 aromatic carbocycles. The summed E-state index contributed by atoms with van der Waals surface area (Å²) in [6.45, 7) is 0. The Labute approximate surface area is 154 Å². The molecule has 0 unspecified atom stereocenters. The molecule has 3 rings (SSSR count). The van der Waals surface area contributed by atoms with Crippen molar-refractivity contribution in [3.05, 3.63) is 0 Å². The van der Waals surface area contributed by atoms with Crippen LogP contribution in [0.25, 0.3) is 0 Å². The monoisotopic (exact) mass is 413 g/mol. The quantitative estimate of drug-likeness (QED) is 0.326. The molecular weight excluding hydrogens is 382 g/mol. The summed E-state index contributed by atoms with van der Waals surface area (Å²) in [6, 6.07) is 0. The third kappa shape index (κ3) is 6.44. The van der Waals surface area contributed by atoms with Gasteiger partial charge in [0.2, 0.25) is 0 Å². The van der Waals surface area contributed by atoms with Gasteiger partial charge in [-0.3, -0.25) is 0 Å². The van der Waals surface area contributed by atoms with Gasteiger partial charge >= 0.3 is 33.3 Å². The Bertz CT molecular complexity index is 229. The Balaban J connectivity index is 0.000000545. The van der Waals surface area contributed by atoms with Crippen LogP contribution in [0.3, 0.4) is 0 Å². The van der Waals surface area contributed by atoms with Crippen molar-refractivity contribution >= 4 is 28.1 Å². The first-order valence-electron chi connectivity index (χ1n) is 9.45. The van der Waals surface area contributed by atoms with Crippen molar-refractivity contribution in [2.24, 2.45) is 0 Å². The zero-order valence-corrected chi connectivity index (χ0v) is 17.2. The van der Waals surface area contributed by atoms with E-state index in [1.807, 2.05) is 0 Å². The minimum atomic E-state index is 0.385. The number of rotatable bonds is 3. The molecule has 3 aliphatic carbocycles. The summed E-state index contributed by atoms with van der Waals surface area (Å²) in [4.78, 5) is 0. The van der Waals surface area contributed by atoms with Crippen LogP contribution in [0.15, 0.2) is 0 Å². The zero-order chi connectivity index (χ0) is 15.6. The fourth-order valence-electron chi connectivity index (χ4n) is 5.03. The van der Waals surface area contributed by atoms with Gasteiger partial charge in [-0.2, -0.15) is 0 Å². The third-order valence-corrected chi connectivity index (χ3v) is 10.1. The maximum absolute atomic E-state index is 4.67. The summed E-state index contributed by atoms with van der Waals surface area (Å²) in [5.41, 5.74) is 3.57. The molecular formula is C18H33Cl2CuP. The summed E-state index contributed by atoms with van der Waals surface area (Å²) < 4.78 is 0. The van der Waals surface area contributed by atoms with Gasteiger partial charge in [0, 0.05) is 0 Å².